The quantitative estimate of drug-likeness (QED) is 0.940. The van der Waals surface area contributed by atoms with Crippen LogP contribution in [-0.4, -0.2) is 23.4 Å². The van der Waals surface area contributed by atoms with E-state index < -0.39 is 0 Å². The van der Waals surface area contributed by atoms with Crippen molar-refractivity contribution in [3.63, 3.8) is 0 Å². The van der Waals surface area contributed by atoms with Crippen molar-refractivity contribution >= 4 is 5.91 Å². The van der Waals surface area contributed by atoms with Gasteiger partial charge in [0, 0.05) is 19.6 Å². The summed E-state index contributed by atoms with van der Waals surface area (Å²) in [7, 11) is 0. The van der Waals surface area contributed by atoms with Crippen LogP contribution in [0.15, 0.2) is 54.6 Å². The molecule has 1 atom stereocenters. The molecule has 1 aliphatic heterocycles. The van der Waals surface area contributed by atoms with E-state index in [-0.39, 0.29) is 11.9 Å². The summed E-state index contributed by atoms with van der Waals surface area (Å²) in [4.78, 5) is 14.6. The van der Waals surface area contributed by atoms with E-state index in [1.165, 1.54) is 11.1 Å². The van der Waals surface area contributed by atoms with E-state index in [4.69, 9.17) is 0 Å². The summed E-state index contributed by atoms with van der Waals surface area (Å²) in [6, 6.07) is 18.4. The Kier molecular flexibility index (Phi) is 4.54. The Morgan fingerprint density at radius 2 is 1.77 bits per heavy atom. The first-order chi connectivity index (χ1) is 10.7. The standard InChI is InChI=1S/C19H22N2O/c1-15(19(22)20-13-16-7-3-2-4-8-16)21-12-11-17-9-5-6-10-18(17)14-21/h2-10,15H,11-14H2,1H3,(H,20,22)/t15-/m0/s1. The van der Waals surface area contributed by atoms with Crippen LogP contribution >= 0.6 is 0 Å². The summed E-state index contributed by atoms with van der Waals surface area (Å²) < 4.78 is 0. The van der Waals surface area contributed by atoms with Crippen molar-refractivity contribution in [2.75, 3.05) is 6.54 Å². The molecule has 0 radical (unpaired) electrons. The van der Waals surface area contributed by atoms with Crippen molar-refractivity contribution in [3.8, 4) is 0 Å². The van der Waals surface area contributed by atoms with Gasteiger partial charge in [0.1, 0.15) is 0 Å². The lowest BCUT2D eigenvalue weighted by atomic mass is 9.99. The summed E-state index contributed by atoms with van der Waals surface area (Å²) in [5, 5.41) is 3.04. The summed E-state index contributed by atoms with van der Waals surface area (Å²) in [5.74, 6) is 0.100. The molecule has 0 fully saturated rings. The molecule has 0 spiro atoms. The van der Waals surface area contributed by atoms with Crippen molar-refractivity contribution in [1.29, 1.82) is 0 Å². The molecule has 3 nitrogen and oxygen atoms in total. The van der Waals surface area contributed by atoms with E-state index >= 15 is 0 Å². The molecule has 22 heavy (non-hydrogen) atoms. The number of rotatable bonds is 4. The average molecular weight is 294 g/mol. The molecule has 0 bridgehead atoms. The molecular formula is C19H22N2O. The number of carbonyl (C=O) groups is 1. The maximum atomic E-state index is 12.4. The first-order valence-electron chi connectivity index (χ1n) is 7.86. The van der Waals surface area contributed by atoms with E-state index in [9.17, 15) is 4.79 Å². The van der Waals surface area contributed by atoms with Crippen LogP contribution in [0.1, 0.15) is 23.6 Å². The number of fused-ring (bicyclic) bond motifs is 1. The Morgan fingerprint density at radius 3 is 2.55 bits per heavy atom. The van der Waals surface area contributed by atoms with Gasteiger partial charge < -0.3 is 5.32 Å². The minimum absolute atomic E-state index is 0.0999. The maximum absolute atomic E-state index is 12.4. The summed E-state index contributed by atoms with van der Waals surface area (Å²) in [5.41, 5.74) is 3.89. The van der Waals surface area contributed by atoms with Crippen molar-refractivity contribution in [3.05, 3.63) is 71.3 Å². The fourth-order valence-electron chi connectivity index (χ4n) is 2.95. The van der Waals surface area contributed by atoms with Gasteiger partial charge in [0.25, 0.3) is 0 Å². The Hall–Kier alpha value is -2.13. The maximum Gasteiger partial charge on any atom is 0.237 e. The SMILES string of the molecule is C[C@@H](C(=O)NCc1ccccc1)N1CCc2ccccc2C1. The first kappa shape index (κ1) is 14.8. The van der Waals surface area contributed by atoms with Gasteiger partial charge >= 0.3 is 0 Å². The van der Waals surface area contributed by atoms with Crippen molar-refractivity contribution in [2.24, 2.45) is 0 Å². The monoisotopic (exact) mass is 294 g/mol. The Balaban J connectivity index is 1.57. The van der Waals surface area contributed by atoms with Gasteiger partial charge in [0.2, 0.25) is 5.91 Å². The van der Waals surface area contributed by atoms with Crippen LogP contribution in [0.5, 0.6) is 0 Å². The molecule has 3 rings (SSSR count). The van der Waals surface area contributed by atoms with Crippen LogP contribution in [0.4, 0.5) is 0 Å². The number of amides is 1. The van der Waals surface area contributed by atoms with Gasteiger partial charge in [0.15, 0.2) is 0 Å². The number of hydrogen-bond acceptors (Lipinski definition) is 2. The smallest absolute Gasteiger partial charge is 0.237 e. The molecule has 0 saturated carbocycles. The Morgan fingerprint density at radius 1 is 1.09 bits per heavy atom. The number of carbonyl (C=O) groups excluding carboxylic acids is 1. The van der Waals surface area contributed by atoms with E-state index in [1.807, 2.05) is 37.3 Å². The highest BCUT2D eigenvalue weighted by molar-refractivity contribution is 5.81. The van der Waals surface area contributed by atoms with E-state index in [0.29, 0.717) is 6.54 Å². The molecule has 1 aliphatic rings. The van der Waals surface area contributed by atoms with Gasteiger partial charge in [-0.3, -0.25) is 9.69 Å². The third-order valence-corrected chi connectivity index (χ3v) is 4.40. The van der Waals surface area contributed by atoms with Gasteiger partial charge in [0.05, 0.1) is 6.04 Å². The lowest BCUT2D eigenvalue weighted by Gasteiger charge is -2.32. The number of hydrogen-bond donors (Lipinski definition) is 1. The Bertz CT molecular complexity index is 639. The van der Waals surface area contributed by atoms with Gasteiger partial charge in [-0.05, 0) is 30.0 Å². The normalized spacial score (nSPS) is 15.9. The number of nitrogens with zero attached hydrogens (tertiary/aromatic N) is 1. The average Bonchev–Trinajstić information content (AvgIpc) is 2.59. The summed E-state index contributed by atoms with van der Waals surface area (Å²) in [6.07, 6.45) is 1.02. The lowest BCUT2D eigenvalue weighted by Crippen LogP contribution is -2.46. The zero-order chi connectivity index (χ0) is 15.4. The molecule has 1 heterocycles. The zero-order valence-electron chi connectivity index (χ0n) is 13.0. The molecule has 114 valence electrons. The molecule has 0 unspecified atom stereocenters. The molecule has 0 aromatic heterocycles. The summed E-state index contributed by atoms with van der Waals surface area (Å²) >= 11 is 0. The van der Waals surface area contributed by atoms with Crippen LogP contribution in [0.25, 0.3) is 0 Å². The van der Waals surface area contributed by atoms with Gasteiger partial charge in [-0.25, -0.2) is 0 Å². The highest BCUT2D eigenvalue weighted by Crippen LogP contribution is 2.20. The van der Waals surface area contributed by atoms with Crippen molar-refractivity contribution < 1.29 is 4.79 Å². The predicted octanol–water partition coefficient (Wildman–Crippen LogP) is 2.75. The lowest BCUT2D eigenvalue weighted by molar-refractivity contribution is -0.126. The molecule has 2 aromatic carbocycles. The van der Waals surface area contributed by atoms with Crippen LogP contribution < -0.4 is 5.32 Å². The van der Waals surface area contributed by atoms with Crippen molar-refractivity contribution in [1.82, 2.24) is 10.2 Å². The number of nitrogens with one attached hydrogen (secondary N) is 1. The second kappa shape index (κ2) is 6.75. The number of benzene rings is 2. The minimum Gasteiger partial charge on any atom is -0.351 e. The van der Waals surface area contributed by atoms with Crippen LogP contribution in [-0.2, 0) is 24.3 Å². The van der Waals surface area contributed by atoms with Gasteiger partial charge in [-0.1, -0.05) is 54.6 Å². The fraction of sp³-hybridized carbons (Fsp3) is 0.316. The van der Waals surface area contributed by atoms with Crippen LogP contribution in [0.3, 0.4) is 0 Å². The third kappa shape index (κ3) is 3.37. The second-order valence-corrected chi connectivity index (χ2v) is 5.87. The molecule has 1 N–H and O–H groups in total. The molecule has 0 aliphatic carbocycles. The van der Waals surface area contributed by atoms with E-state index in [2.05, 4.69) is 34.5 Å². The van der Waals surface area contributed by atoms with E-state index in [0.717, 1.165) is 25.1 Å². The van der Waals surface area contributed by atoms with Gasteiger partial charge in [-0.2, -0.15) is 0 Å². The predicted molar refractivity (Wildman–Crippen MR) is 88.3 cm³/mol. The topological polar surface area (TPSA) is 32.3 Å². The summed E-state index contributed by atoms with van der Waals surface area (Å²) in [6.45, 7) is 4.38. The molecule has 2 aromatic rings. The fourth-order valence-corrected chi connectivity index (χ4v) is 2.95. The molecule has 3 heteroatoms. The Labute approximate surface area is 132 Å². The van der Waals surface area contributed by atoms with E-state index in [1.54, 1.807) is 0 Å². The van der Waals surface area contributed by atoms with Crippen LogP contribution in [0.2, 0.25) is 0 Å². The highest BCUT2D eigenvalue weighted by atomic mass is 16.2. The second-order valence-electron chi connectivity index (χ2n) is 5.87. The zero-order valence-corrected chi connectivity index (χ0v) is 13.0. The van der Waals surface area contributed by atoms with Gasteiger partial charge in [-0.15, -0.1) is 0 Å². The van der Waals surface area contributed by atoms with Crippen LogP contribution in [0, 0.1) is 0 Å². The molecule has 1 amide bonds. The first-order valence-corrected chi connectivity index (χ1v) is 7.86. The largest absolute Gasteiger partial charge is 0.351 e. The highest BCUT2D eigenvalue weighted by Gasteiger charge is 2.24. The minimum atomic E-state index is -0.0999. The van der Waals surface area contributed by atoms with Crippen molar-refractivity contribution in [2.45, 2.75) is 32.5 Å². The third-order valence-electron chi connectivity index (χ3n) is 4.40. The molecule has 0 saturated heterocycles. The molecular weight excluding hydrogens is 272 g/mol.